The van der Waals surface area contributed by atoms with Crippen molar-refractivity contribution in [3.63, 3.8) is 0 Å². The first-order valence-electron chi connectivity index (χ1n) is 9.25. The lowest BCUT2D eigenvalue weighted by atomic mass is 9.96. The molecule has 152 valence electrons. The highest BCUT2D eigenvalue weighted by molar-refractivity contribution is 9.10. The number of anilines is 1. The first-order valence-corrected chi connectivity index (χ1v) is 10.8. The van der Waals surface area contributed by atoms with Crippen LogP contribution in [0.2, 0.25) is 0 Å². The van der Waals surface area contributed by atoms with E-state index in [9.17, 15) is 14.4 Å². The molecule has 0 radical (unpaired) electrons. The molecule has 1 saturated heterocycles. The molecule has 3 rings (SSSR count). The minimum atomic E-state index is -0.279. The number of nitrogens with zero attached hydrogens (tertiary/aromatic N) is 1. The topological polar surface area (TPSA) is 92.5 Å². The largest absolute Gasteiger partial charge is 0.369 e. The van der Waals surface area contributed by atoms with Gasteiger partial charge in [-0.15, -0.1) is 0 Å². The molecule has 0 saturated carbocycles. The molecule has 0 unspecified atom stereocenters. The maximum absolute atomic E-state index is 13.1. The van der Waals surface area contributed by atoms with Crippen molar-refractivity contribution < 1.29 is 14.4 Å². The Morgan fingerprint density at radius 2 is 1.72 bits per heavy atom. The van der Waals surface area contributed by atoms with Crippen LogP contribution in [-0.4, -0.2) is 42.1 Å². The summed E-state index contributed by atoms with van der Waals surface area (Å²) < 4.78 is 1.44. The van der Waals surface area contributed by atoms with E-state index >= 15 is 0 Å². The molecule has 0 aromatic heterocycles. The van der Waals surface area contributed by atoms with Gasteiger partial charge in [0.05, 0.1) is 12.2 Å². The lowest BCUT2D eigenvalue weighted by molar-refractivity contribution is -0.123. The van der Waals surface area contributed by atoms with Crippen molar-refractivity contribution in [2.75, 3.05) is 25.0 Å². The summed E-state index contributed by atoms with van der Waals surface area (Å²) in [6.45, 7) is 1.48. The SMILES string of the molecule is NC(=O)C1CCN(CC(=O)Nc2ccc(Br)cc2C(=O)c2ccccc2Br)CC1. The van der Waals surface area contributed by atoms with Gasteiger partial charge in [-0.1, -0.05) is 44.0 Å². The Morgan fingerprint density at radius 1 is 1.03 bits per heavy atom. The van der Waals surface area contributed by atoms with Gasteiger partial charge in [-0.05, 0) is 56.3 Å². The van der Waals surface area contributed by atoms with Gasteiger partial charge in [0.25, 0.3) is 0 Å². The number of carbonyl (C=O) groups excluding carboxylic acids is 3. The second-order valence-electron chi connectivity index (χ2n) is 7.00. The highest BCUT2D eigenvalue weighted by atomic mass is 79.9. The van der Waals surface area contributed by atoms with Crippen LogP contribution in [0.5, 0.6) is 0 Å². The third kappa shape index (κ3) is 5.52. The van der Waals surface area contributed by atoms with Gasteiger partial charge in [-0.2, -0.15) is 0 Å². The van der Waals surface area contributed by atoms with Crippen LogP contribution in [-0.2, 0) is 9.59 Å². The van der Waals surface area contributed by atoms with E-state index in [4.69, 9.17) is 5.73 Å². The number of carbonyl (C=O) groups is 3. The fourth-order valence-corrected chi connectivity index (χ4v) is 4.20. The Kier molecular flexibility index (Phi) is 7.21. The minimum absolute atomic E-state index is 0.116. The highest BCUT2D eigenvalue weighted by Crippen LogP contribution is 2.27. The first kappa shape index (κ1) is 21.7. The van der Waals surface area contributed by atoms with Gasteiger partial charge >= 0.3 is 0 Å². The second kappa shape index (κ2) is 9.65. The zero-order valence-electron chi connectivity index (χ0n) is 15.7. The highest BCUT2D eigenvalue weighted by Gasteiger charge is 2.25. The molecule has 8 heteroatoms. The van der Waals surface area contributed by atoms with Crippen molar-refractivity contribution in [1.29, 1.82) is 0 Å². The maximum atomic E-state index is 13.1. The van der Waals surface area contributed by atoms with Crippen molar-refractivity contribution in [2.24, 2.45) is 11.7 Å². The number of nitrogens with two attached hydrogens (primary N) is 1. The fraction of sp³-hybridized carbons (Fsp3) is 0.286. The van der Waals surface area contributed by atoms with Gasteiger partial charge in [0, 0.05) is 26.0 Å². The van der Waals surface area contributed by atoms with E-state index in [2.05, 4.69) is 37.2 Å². The Morgan fingerprint density at radius 3 is 2.38 bits per heavy atom. The summed E-state index contributed by atoms with van der Waals surface area (Å²) in [7, 11) is 0. The molecule has 1 aliphatic heterocycles. The summed E-state index contributed by atoms with van der Waals surface area (Å²) in [6, 6.07) is 12.4. The van der Waals surface area contributed by atoms with Crippen molar-refractivity contribution in [3.05, 3.63) is 62.5 Å². The molecule has 0 bridgehead atoms. The third-order valence-corrected chi connectivity index (χ3v) is 6.16. The standard InChI is InChI=1S/C21H21Br2N3O3/c22-14-5-6-18(16(11-14)20(28)15-3-1-2-4-17(15)23)25-19(27)12-26-9-7-13(8-10-26)21(24)29/h1-6,11,13H,7-10,12H2,(H2,24,29)(H,25,27). The Labute approximate surface area is 186 Å². The summed E-state index contributed by atoms with van der Waals surface area (Å²) in [5.41, 5.74) is 6.75. The van der Waals surface area contributed by atoms with E-state index in [1.807, 2.05) is 11.0 Å². The van der Waals surface area contributed by atoms with E-state index in [1.54, 1.807) is 36.4 Å². The van der Waals surface area contributed by atoms with Gasteiger partial charge in [-0.25, -0.2) is 0 Å². The molecule has 1 heterocycles. The molecule has 29 heavy (non-hydrogen) atoms. The quantitative estimate of drug-likeness (QED) is 0.567. The van der Waals surface area contributed by atoms with Gasteiger partial charge in [-0.3, -0.25) is 19.3 Å². The maximum Gasteiger partial charge on any atom is 0.238 e. The van der Waals surface area contributed by atoms with E-state index in [0.717, 1.165) is 4.47 Å². The van der Waals surface area contributed by atoms with Crippen molar-refractivity contribution in [1.82, 2.24) is 4.90 Å². The molecule has 2 aromatic carbocycles. The summed E-state index contributed by atoms with van der Waals surface area (Å²) in [6.07, 6.45) is 1.32. The molecule has 3 N–H and O–H groups in total. The van der Waals surface area contributed by atoms with Crippen LogP contribution in [0.4, 0.5) is 5.69 Å². The van der Waals surface area contributed by atoms with Gasteiger partial charge in [0.1, 0.15) is 0 Å². The normalized spacial score (nSPS) is 15.1. The van der Waals surface area contributed by atoms with Crippen LogP contribution in [0.3, 0.4) is 0 Å². The molecule has 0 atom stereocenters. The number of amides is 2. The number of piperidine rings is 1. The molecule has 1 aliphatic rings. The van der Waals surface area contributed by atoms with Gasteiger partial charge in [0.15, 0.2) is 5.78 Å². The summed E-state index contributed by atoms with van der Waals surface area (Å²) in [5.74, 6) is -0.782. The van der Waals surface area contributed by atoms with Crippen molar-refractivity contribution in [3.8, 4) is 0 Å². The Hall–Kier alpha value is -2.03. The molecular weight excluding hydrogens is 502 g/mol. The Balaban J connectivity index is 1.71. The number of likely N-dealkylation sites (tertiary alicyclic amines) is 1. The van der Waals surface area contributed by atoms with E-state index in [1.165, 1.54) is 0 Å². The third-order valence-electron chi connectivity index (χ3n) is 4.98. The van der Waals surface area contributed by atoms with Crippen LogP contribution in [0.25, 0.3) is 0 Å². The number of nitrogens with one attached hydrogen (secondary N) is 1. The number of ketones is 1. The van der Waals surface area contributed by atoms with Gasteiger partial charge < -0.3 is 11.1 Å². The van der Waals surface area contributed by atoms with Crippen LogP contribution < -0.4 is 11.1 Å². The Bertz CT molecular complexity index is 941. The molecule has 0 spiro atoms. The van der Waals surface area contributed by atoms with Crippen molar-refractivity contribution >= 4 is 55.1 Å². The summed E-state index contributed by atoms with van der Waals surface area (Å²) >= 11 is 6.81. The number of benzene rings is 2. The predicted octanol–water partition coefficient (Wildman–Crippen LogP) is 3.58. The molecule has 6 nitrogen and oxygen atoms in total. The zero-order valence-corrected chi connectivity index (χ0v) is 18.8. The smallest absolute Gasteiger partial charge is 0.238 e. The zero-order chi connectivity index (χ0) is 21.0. The average Bonchev–Trinajstić information content (AvgIpc) is 2.69. The summed E-state index contributed by atoms with van der Waals surface area (Å²) in [5, 5.41) is 2.86. The van der Waals surface area contributed by atoms with Crippen LogP contribution >= 0.6 is 31.9 Å². The number of hydrogen-bond acceptors (Lipinski definition) is 4. The fourth-order valence-electron chi connectivity index (χ4n) is 3.37. The first-order chi connectivity index (χ1) is 13.8. The van der Waals surface area contributed by atoms with Crippen LogP contribution in [0, 0.1) is 5.92 Å². The molecule has 1 fully saturated rings. The second-order valence-corrected chi connectivity index (χ2v) is 8.77. The lowest BCUT2D eigenvalue weighted by Gasteiger charge is -2.29. The number of halogens is 2. The predicted molar refractivity (Wildman–Crippen MR) is 119 cm³/mol. The number of primary amides is 1. The van der Waals surface area contributed by atoms with E-state index in [0.29, 0.717) is 47.2 Å². The monoisotopic (exact) mass is 521 g/mol. The lowest BCUT2D eigenvalue weighted by Crippen LogP contribution is -2.42. The molecule has 2 amide bonds. The van der Waals surface area contributed by atoms with Crippen LogP contribution in [0.15, 0.2) is 51.4 Å². The van der Waals surface area contributed by atoms with Gasteiger partial charge in [0.2, 0.25) is 11.8 Å². The molecular formula is C21H21Br2N3O3. The minimum Gasteiger partial charge on any atom is -0.369 e. The number of hydrogen-bond donors (Lipinski definition) is 2. The number of rotatable bonds is 6. The van der Waals surface area contributed by atoms with Crippen molar-refractivity contribution in [2.45, 2.75) is 12.8 Å². The summed E-state index contributed by atoms with van der Waals surface area (Å²) in [4.78, 5) is 38.9. The van der Waals surface area contributed by atoms with Crippen LogP contribution in [0.1, 0.15) is 28.8 Å². The molecule has 0 aliphatic carbocycles. The molecule has 2 aromatic rings. The van der Waals surface area contributed by atoms with E-state index < -0.39 is 0 Å². The average molecular weight is 523 g/mol. The van der Waals surface area contributed by atoms with E-state index in [-0.39, 0.29) is 30.1 Å².